The van der Waals surface area contributed by atoms with Gasteiger partial charge in [0.25, 0.3) is 11.7 Å². The van der Waals surface area contributed by atoms with Crippen molar-refractivity contribution < 1.29 is 72.8 Å². The fourth-order valence-corrected chi connectivity index (χ4v) is 11.2. The minimum Gasteiger partial charge on any atom is -0.456 e. The average Bonchev–Trinajstić information content (AvgIpc) is 3.34. The molecule has 1 saturated carbocycles. The molecule has 0 radical (unpaired) electrons. The van der Waals surface area contributed by atoms with Gasteiger partial charge < -0.3 is 58.6 Å². The van der Waals surface area contributed by atoms with Crippen LogP contribution in [0.5, 0.6) is 0 Å². The van der Waals surface area contributed by atoms with Gasteiger partial charge in [0, 0.05) is 71.7 Å². The molecule has 4 aliphatic heterocycles. The molecule has 0 aromatic heterocycles. The Morgan fingerprint density at radius 2 is 1.54 bits per heavy atom. The number of likely N-dealkylation sites (tertiary alicyclic amines) is 1. The Morgan fingerprint density at radius 3 is 2.19 bits per heavy atom. The molecule has 69 heavy (non-hydrogen) atoms. The summed E-state index contributed by atoms with van der Waals surface area (Å²) in [6, 6.07) is -1.20. The van der Waals surface area contributed by atoms with Crippen LogP contribution in [-0.4, -0.2) is 168 Å². The molecule has 2 amide bonds. The number of carbonyl (C=O) groups excluding carboxylic acids is 5. The molecule has 0 unspecified atom stereocenters. The molecular weight excluding hydrogens is 893 g/mol. The van der Waals surface area contributed by atoms with Crippen molar-refractivity contribution in [3.8, 4) is 0 Å². The molecule has 4 fully saturated rings. The first-order valence-electron chi connectivity index (χ1n) is 25.3. The first-order chi connectivity index (χ1) is 32.9. The quantitative estimate of drug-likeness (QED) is 0.130. The van der Waals surface area contributed by atoms with E-state index in [4.69, 9.17) is 28.4 Å². The number of carbonyl (C=O) groups is 5. The fraction of sp³-hybridized carbons (Fsp3) is 0.788. The summed E-state index contributed by atoms with van der Waals surface area (Å²) in [7, 11) is 4.60. The number of ether oxygens (including phenoxy) is 6. The number of aliphatic hydroxyl groups is 4. The lowest BCUT2D eigenvalue weighted by Crippen LogP contribution is -2.64. The number of piperidine rings is 2. The van der Waals surface area contributed by atoms with Gasteiger partial charge in [-0.25, -0.2) is 9.59 Å². The van der Waals surface area contributed by atoms with Crippen LogP contribution >= 0.6 is 0 Å². The molecule has 17 heteroatoms. The number of rotatable bonds is 10. The molecule has 5 aliphatic rings. The Bertz CT molecular complexity index is 1830. The molecule has 4 heterocycles. The van der Waals surface area contributed by atoms with Gasteiger partial charge in [-0.1, -0.05) is 50.6 Å². The second-order valence-electron chi connectivity index (χ2n) is 20.6. The van der Waals surface area contributed by atoms with E-state index >= 15 is 0 Å². The second-order valence-corrected chi connectivity index (χ2v) is 20.6. The van der Waals surface area contributed by atoms with Crippen LogP contribution in [0.25, 0.3) is 0 Å². The van der Waals surface area contributed by atoms with Gasteiger partial charge in [-0.2, -0.15) is 0 Å². The number of allylic oxidation sites excluding steroid dienone is 4. The lowest BCUT2D eigenvalue weighted by Gasteiger charge is -2.47. The summed E-state index contributed by atoms with van der Waals surface area (Å²) in [4.78, 5) is 73.6. The van der Waals surface area contributed by atoms with Gasteiger partial charge in [0.15, 0.2) is 0 Å². The van der Waals surface area contributed by atoms with E-state index in [2.05, 4.69) is 0 Å². The highest BCUT2D eigenvalue weighted by atomic mass is 16.7. The van der Waals surface area contributed by atoms with Crippen LogP contribution in [0, 0.1) is 35.5 Å². The highest BCUT2D eigenvalue weighted by Crippen LogP contribution is 2.40. The van der Waals surface area contributed by atoms with Crippen molar-refractivity contribution in [3.05, 3.63) is 35.5 Å². The average molecular weight is 975 g/mol. The van der Waals surface area contributed by atoms with Crippen molar-refractivity contribution in [1.29, 1.82) is 0 Å². The third kappa shape index (κ3) is 14.3. The van der Waals surface area contributed by atoms with Gasteiger partial charge in [-0.05, 0) is 114 Å². The Hall–Kier alpha value is -3.55. The first-order valence-corrected chi connectivity index (χ1v) is 25.3. The van der Waals surface area contributed by atoms with E-state index in [1.165, 1.54) is 14.2 Å². The maximum atomic E-state index is 14.6. The van der Waals surface area contributed by atoms with E-state index in [-0.39, 0.29) is 69.0 Å². The van der Waals surface area contributed by atoms with Crippen molar-refractivity contribution in [2.45, 2.75) is 173 Å². The summed E-state index contributed by atoms with van der Waals surface area (Å²) in [5.74, 6) is -8.16. The number of hydrogen-bond acceptors (Lipinski definition) is 15. The van der Waals surface area contributed by atoms with E-state index in [9.17, 15) is 44.4 Å². The van der Waals surface area contributed by atoms with Crippen molar-refractivity contribution >= 4 is 29.5 Å². The summed E-state index contributed by atoms with van der Waals surface area (Å²) in [5.41, 5.74) is 1.51. The SMILES string of the molecule is CO[C@H]1C[C@@H](C)C/C(C)=C/[C@@H](C/C=C/CO)C(=O)C[C@H](O)[C@@H](C)[C@@H](/C(C)=C/[C@@H]2CC[C@@H](OC(=O)N3CCC(CO)CC3)[C@H](OC)C2)OC(=O)[C@@H]2CCCCN2C(=O)C(=O)[C@]2(O)O[C@H]1[C@@H](OC)C[C@H]2C. The van der Waals surface area contributed by atoms with E-state index in [1.54, 1.807) is 44.9 Å². The molecule has 1 aliphatic carbocycles. The number of methoxy groups -OCH3 is 3. The Kier molecular flexibility index (Phi) is 21.4. The van der Waals surface area contributed by atoms with Gasteiger partial charge in [-0.3, -0.25) is 14.4 Å². The zero-order valence-corrected chi connectivity index (χ0v) is 42.3. The minimum absolute atomic E-state index is 0.0431. The van der Waals surface area contributed by atoms with E-state index in [0.29, 0.717) is 76.5 Å². The van der Waals surface area contributed by atoms with Crippen molar-refractivity contribution in [2.75, 3.05) is 54.2 Å². The normalized spacial score (nSPS) is 37.7. The Labute approximate surface area is 408 Å². The topological polar surface area (TPSA) is 228 Å². The zero-order chi connectivity index (χ0) is 50.6. The number of amides is 2. The highest BCUT2D eigenvalue weighted by Gasteiger charge is 2.56. The molecular formula is C52H82N2O15. The summed E-state index contributed by atoms with van der Waals surface area (Å²) < 4.78 is 36.3. The van der Waals surface area contributed by atoms with Crippen molar-refractivity contribution in [2.24, 2.45) is 35.5 Å². The standard InChI is InChI=1S/C52H82N2O15/c1-31-23-32(2)25-44(65-7)47-45(66-8)27-34(4)52(63,69-47)48(59)49(60)54-19-11-9-14-39(54)50(61)68-46(35(5)40(57)29-41(58)38(24-31)13-10-12-22-55)33(3)26-37-15-16-42(43(28-37)64-6)67-51(62)53-20-17-36(30-56)18-21-53/h10,12,24,26,32,34-40,42-47,55-57,63H,9,11,13-23,25,27-30H2,1-8H3/b12-10+,31-24+,33-26+/t32-,34+,35+,37-,38+,39-,40-,42+,43+,44-,45-,46+,47+,52+/m0/s1. The lowest BCUT2D eigenvalue weighted by molar-refractivity contribution is -0.302. The molecule has 390 valence electrons. The third-order valence-corrected chi connectivity index (χ3v) is 15.5. The molecule has 4 N–H and O–H groups in total. The summed E-state index contributed by atoms with van der Waals surface area (Å²) in [5, 5.41) is 43.2. The van der Waals surface area contributed by atoms with Crippen LogP contribution in [0.15, 0.2) is 35.5 Å². The number of hydrogen-bond donors (Lipinski definition) is 4. The predicted molar refractivity (Wildman–Crippen MR) is 254 cm³/mol. The van der Waals surface area contributed by atoms with Gasteiger partial charge in [0.05, 0.1) is 31.0 Å². The third-order valence-electron chi connectivity index (χ3n) is 15.5. The zero-order valence-electron chi connectivity index (χ0n) is 42.3. The van der Waals surface area contributed by atoms with Crippen LogP contribution in [0.2, 0.25) is 0 Å². The summed E-state index contributed by atoms with van der Waals surface area (Å²) >= 11 is 0. The molecule has 0 aromatic carbocycles. The fourth-order valence-electron chi connectivity index (χ4n) is 11.2. The number of aliphatic hydroxyl groups excluding tert-OH is 3. The van der Waals surface area contributed by atoms with Crippen LogP contribution in [0.3, 0.4) is 0 Å². The maximum Gasteiger partial charge on any atom is 0.410 e. The van der Waals surface area contributed by atoms with E-state index in [1.807, 2.05) is 26.0 Å². The molecule has 14 atom stereocenters. The minimum atomic E-state index is -2.55. The first kappa shape index (κ1) is 56.4. The number of esters is 1. The number of cyclic esters (lactones) is 1. The largest absolute Gasteiger partial charge is 0.456 e. The number of Topliss-reactive ketones (excluding diaryl/α,β-unsaturated/α-hetero) is 2. The van der Waals surface area contributed by atoms with Gasteiger partial charge in [0.1, 0.15) is 30.1 Å². The van der Waals surface area contributed by atoms with Crippen LogP contribution in [-0.2, 0) is 47.6 Å². The molecule has 5 rings (SSSR count). The van der Waals surface area contributed by atoms with Gasteiger partial charge >= 0.3 is 12.1 Å². The molecule has 2 bridgehead atoms. The number of nitrogens with zero attached hydrogens (tertiary/aromatic N) is 2. The van der Waals surface area contributed by atoms with Crippen molar-refractivity contribution in [1.82, 2.24) is 9.80 Å². The molecule has 3 saturated heterocycles. The van der Waals surface area contributed by atoms with Crippen LogP contribution < -0.4 is 0 Å². The van der Waals surface area contributed by atoms with Crippen molar-refractivity contribution in [3.63, 3.8) is 0 Å². The monoisotopic (exact) mass is 975 g/mol. The second kappa shape index (κ2) is 26.2. The molecule has 17 nitrogen and oxygen atoms in total. The van der Waals surface area contributed by atoms with Crippen LogP contribution in [0.4, 0.5) is 4.79 Å². The van der Waals surface area contributed by atoms with E-state index < -0.39 is 96.1 Å². The highest BCUT2D eigenvalue weighted by molar-refractivity contribution is 6.39. The number of ketones is 2. The lowest BCUT2D eigenvalue weighted by atomic mass is 9.81. The maximum absolute atomic E-state index is 14.6. The smallest absolute Gasteiger partial charge is 0.410 e. The molecule has 0 spiro atoms. The summed E-state index contributed by atoms with van der Waals surface area (Å²) in [6.45, 7) is 10.0. The Morgan fingerprint density at radius 1 is 0.855 bits per heavy atom. The Balaban J connectivity index is 1.48. The van der Waals surface area contributed by atoms with Gasteiger partial charge in [-0.15, -0.1) is 0 Å². The summed E-state index contributed by atoms with van der Waals surface area (Å²) in [6.07, 6.45) is 6.70. The predicted octanol–water partition coefficient (Wildman–Crippen LogP) is 4.85. The van der Waals surface area contributed by atoms with Gasteiger partial charge in [0.2, 0.25) is 5.79 Å². The van der Waals surface area contributed by atoms with E-state index in [0.717, 1.165) is 10.5 Å². The molecule has 0 aromatic rings. The number of fused-ring (bicyclic) bond motifs is 3. The van der Waals surface area contributed by atoms with Crippen LogP contribution in [0.1, 0.15) is 118 Å².